The molecule has 1 aromatic carbocycles. The van der Waals surface area contributed by atoms with Crippen LogP contribution in [-0.2, 0) is 6.42 Å². The second kappa shape index (κ2) is 11.2. The number of pyridine rings is 1. The summed E-state index contributed by atoms with van der Waals surface area (Å²) in [6.45, 7) is 1.99. The number of rotatable bonds is 6. The van der Waals surface area contributed by atoms with E-state index in [0.717, 1.165) is 24.2 Å². The first-order valence-corrected chi connectivity index (χ1v) is 10.2. The maximum atomic E-state index is 14.0. The maximum Gasteiger partial charge on any atom is 0.226 e. The highest BCUT2D eigenvalue weighted by molar-refractivity contribution is 14.0. The smallest absolute Gasteiger partial charge is 0.226 e. The zero-order valence-corrected chi connectivity index (χ0v) is 19.9. The Balaban J connectivity index is 0.00000289. The lowest BCUT2D eigenvalue weighted by Crippen LogP contribution is -2.45. The average molecular weight is 554 g/mol. The van der Waals surface area contributed by atoms with Gasteiger partial charge in [-0.3, -0.25) is 4.99 Å². The Morgan fingerprint density at radius 1 is 1.25 bits per heavy atom. The molecule has 10 heteroatoms. The zero-order chi connectivity index (χ0) is 21.6. The molecular weight excluding hydrogens is 529 g/mol. The lowest BCUT2D eigenvalue weighted by molar-refractivity contribution is 0.571. The molecular formula is C22H25F2IN6O. The van der Waals surface area contributed by atoms with Gasteiger partial charge < -0.3 is 20.0 Å². The monoisotopic (exact) mass is 554 g/mol. The van der Waals surface area contributed by atoms with Gasteiger partial charge >= 0.3 is 0 Å². The molecule has 3 aromatic rings. The van der Waals surface area contributed by atoms with E-state index in [1.807, 2.05) is 4.90 Å². The summed E-state index contributed by atoms with van der Waals surface area (Å²) in [5, 5.41) is 6.64. The Morgan fingerprint density at radius 3 is 2.81 bits per heavy atom. The number of oxazole rings is 1. The predicted octanol–water partition coefficient (Wildman–Crippen LogP) is 3.62. The molecule has 0 spiro atoms. The van der Waals surface area contributed by atoms with Crippen molar-refractivity contribution in [3.63, 3.8) is 0 Å². The van der Waals surface area contributed by atoms with E-state index in [4.69, 9.17) is 4.42 Å². The lowest BCUT2D eigenvalue weighted by Gasteiger charge is -2.19. The van der Waals surface area contributed by atoms with E-state index in [9.17, 15) is 8.78 Å². The highest BCUT2D eigenvalue weighted by Crippen LogP contribution is 2.21. The predicted molar refractivity (Wildman–Crippen MR) is 130 cm³/mol. The van der Waals surface area contributed by atoms with Crippen LogP contribution in [0.2, 0.25) is 0 Å². The van der Waals surface area contributed by atoms with Gasteiger partial charge in [0.25, 0.3) is 0 Å². The molecule has 0 radical (unpaired) electrons. The Labute approximate surface area is 202 Å². The lowest BCUT2D eigenvalue weighted by atomic mass is 10.2. The molecule has 0 amide bonds. The SMILES string of the molecule is CN=C(NCCc1coc(-c2ccc(F)cc2)n1)NC1CCN(c2ncccc2F)C1.I. The molecule has 2 N–H and O–H groups in total. The van der Waals surface area contributed by atoms with Crippen LogP contribution in [0.15, 0.2) is 58.3 Å². The highest BCUT2D eigenvalue weighted by Gasteiger charge is 2.25. The fourth-order valence-corrected chi connectivity index (χ4v) is 3.52. The van der Waals surface area contributed by atoms with E-state index in [1.54, 1.807) is 37.7 Å². The molecule has 1 fully saturated rings. The Hall–Kier alpha value is -2.76. The van der Waals surface area contributed by atoms with Crippen LogP contribution >= 0.6 is 24.0 Å². The van der Waals surface area contributed by atoms with Crippen molar-refractivity contribution in [1.82, 2.24) is 20.6 Å². The topological polar surface area (TPSA) is 78.6 Å². The molecule has 1 saturated heterocycles. The van der Waals surface area contributed by atoms with Crippen LogP contribution in [-0.4, -0.2) is 48.7 Å². The standard InChI is InChI=1S/C22H24F2N6O.HI/c1-25-22(29-17-9-12-30(13-17)20-19(24)3-2-10-26-20)27-11-8-18-14-31-21(28-18)15-4-6-16(23)7-5-15;/h2-7,10,14,17H,8-9,11-13H2,1H3,(H2,25,27,29);1H. The number of hydrogen-bond acceptors (Lipinski definition) is 5. The first-order valence-electron chi connectivity index (χ1n) is 10.2. The van der Waals surface area contributed by atoms with E-state index in [1.165, 1.54) is 18.2 Å². The average Bonchev–Trinajstić information content (AvgIpc) is 3.44. The summed E-state index contributed by atoms with van der Waals surface area (Å²) in [6.07, 6.45) is 4.71. The molecule has 2 aromatic heterocycles. The molecule has 0 saturated carbocycles. The molecule has 32 heavy (non-hydrogen) atoms. The van der Waals surface area contributed by atoms with Crippen molar-refractivity contribution >= 4 is 35.8 Å². The second-order valence-electron chi connectivity index (χ2n) is 7.28. The van der Waals surface area contributed by atoms with Gasteiger partial charge in [0, 0.05) is 50.9 Å². The molecule has 3 heterocycles. The fraction of sp³-hybridized carbons (Fsp3) is 0.318. The molecule has 0 aliphatic carbocycles. The van der Waals surface area contributed by atoms with Crippen molar-refractivity contribution < 1.29 is 13.2 Å². The minimum atomic E-state index is -0.307. The molecule has 170 valence electrons. The van der Waals surface area contributed by atoms with Crippen molar-refractivity contribution in [2.24, 2.45) is 4.99 Å². The van der Waals surface area contributed by atoms with Crippen LogP contribution in [0.1, 0.15) is 12.1 Å². The molecule has 1 atom stereocenters. The normalized spacial score (nSPS) is 16.0. The highest BCUT2D eigenvalue weighted by atomic mass is 127. The number of benzene rings is 1. The summed E-state index contributed by atoms with van der Waals surface area (Å²) in [4.78, 5) is 14.8. The van der Waals surface area contributed by atoms with Crippen molar-refractivity contribution in [3.8, 4) is 11.5 Å². The maximum absolute atomic E-state index is 14.0. The van der Waals surface area contributed by atoms with E-state index in [2.05, 4.69) is 25.6 Å². The summed E-state index contributed by atoms with van der Waals surface area (Å²) < 4.78 is 32.5. The van der Waals surface area contributed by atoms with Crippen molar-refractivity contribution in [1.29, 1.82) is 0 Å². The van der Waals surface area contributed by atoms with Gasteiger partial charge in [-0.25, -0.2) is 18.7 Å². The van der Waals surface area contributed by atoms with Crippen molar-refractivity contribution in [2.75, 3.05) is 31.6 Å². The number of nitrogens with one attached hydrogen (secondary N) is 2. The summed E-state index contributed by atoms with van der Waals surface area (Å²) in [6, 6.07) is 9.19. The van der Waals surface area contributed by atoms with E-state index < -0.39 is 0 Å². The van der Waals surface area contributed by atoms with Crippen LogP contribution in [0.5, 0.6) is 0 Å². The molecule has 1 aliphatic rings. The minimum absolute atomic E-state index is 0. The zero-order valence-electron chi connectivity index (χ0n) is 17.6. The largest absolute Gasteiger partial charge is 0.444 e. The first-order chi connectivity index (χ1) is 15.1. The molecule has 7 nitrogen and oxygen atoms in total. The Bertz CT molecular complexity index is 1040. The van der Waals surface area contributed by atoms with Crippen LogP contribution in [0.4, 0.5) is 14.6 Å². The fourth-order valence-electron chi connectivity index (χ4n) is 3.52. The van der Waals surface area contributed by atoms with E-state index in [0.29, 0.717) is 37.2 Å². The third-order valence-corrected chi connectivity index (χ3v) is 5.11. The van der Waals surface area contributed by atoms with Gasteiger partial charge in [-0.1, -0.05) is 0 Å². The number of aromatic nitrogens is 2. The number of anilines is 1. The van der Waals surface area contributed by atoms with Crippen molar-refractivity contribution in [2.45, 2.75) is 18.9 Å². The summed E-state index contributed by atoms with van der Waals surface area (Å²) in [7, 11) is 1.71. The first kappa shape index (κ1) is 23.9. The molecule has 1 aliphatic heterocycles. The number of nitrogens with zero attached hydrogens (tertiary/aromatic N) is 4. The Kier molecular flexibility index (Phi) is 8.37. The summed E-state index contributed by atoms with van der Waals surface area (Å²) in [5.74, 6) is 0.922. The van der Waals surface area contributed by atoms with Gasteiger partial charge in [-0.05, 0) is 42.8 Å². The molecule has 4 rings (SSSR count). The third-order valence-electron chi connectivity index (χ3n) is 5.11. The van der Waals surface area contributed by atoms with Gasteiger partial charge in [0.05, 0.1) is 5.69 Å². The van der Waals surface area contributed by atoms with Crippen LogP contribution < -0.4 is 15.5 Å². The summed E-state index contributed by atoms with van der Waals surface area (Å²) in [5.41, 5.74) is 1.52. The molecule has 1 unspecified atom stereocenters. The van der Waals surface area contributed by atoms with Gasteiger partial charge in [-0.2, -0.15) is 0 Å². The minimum Gasteiger partial charge on any atom is -0.444 e. The van der Waals surface area contributed by atoms with Gasteiger partial charge in [0.1, 0.15) is 12.1 Å². The number of guanidine groups is 1. The molecule has 0 bridgehead atoms. The number of aliphatic imine (C=N–C) groups is 1. The van der Waals surface area contributed by atoms with Gasteiger partial charge in [0.15, 0.2) is 17.6 Å². The van der Waals surface area contributed by atoms with Crippen LogP contribution in [0, 0.1) is 11.6 Å². The number of halogens is 3. The van der Waals surface area contributed by atoms with Crippen LogP contribution in [0.25, 0.3) is 11.5 Å². The third kappa shape index (κ3) is 5.93. The van der Waals surface area contributed by atoms with E-state index >= 15 is 0 Å². The van der Waals surface area contributed by atoms with E-state index in [-0.39, 0.29) is 41.7 Å². The second-order valence-corrected chi connectivity index (χ2v) is 7.28. The quantitative estimate of drug-likeness (QED) is 0.276. The number of hydrogen-bond donors (Lipinski definition) is 2. The van der Waals surface area contributed by atoms with Gasteiger partial charge in [0.2, 0.25) is 5.89 Å². The van der Waals surface area contributed by atoms with Crippen molar-refractivity contribution in [3.05, 3.63) is 66.2 Å². The van der Waals surface area contributed by atoms with Gasteiger partial charge in [-0.15, -0.1) is 24.0 Å². The Morgan fingerprint density at radius 2 is 2.06 bits per heavy atom. The summed E-state index contributed by atoms with van der Waals surface area (Å²) >= 11 is 0. The van der Waals surface area contributed by atoms with Crippen LogP contribution in [0.3, 0.4) is 0 Å².